The number of fused-ring (bicyclic) bond motifs is 2. The molecule has 6 aliphatic rings. The van der Waals surface area contributed by atoms with Crippen LogP contribution >= 0.6 is 0 Å². The Morgan fingerprint density at radius 1 is 0.986 bits per heavy atom. The number of phenolic OH excluding ortho intramolecular Hbond substituents is 1. The Bertz CT molecular complexity index is 2980. The van der Waals surface area contributed by atoms with Gasteiger partial charge in [-0.25, -0.2) is 8.78 Å². The van der Waals surface area contributed by atoms with E-state index in [1.807, 2.05) is 31.0 Å². The Kier molecular flexibility index (Phi) is 13.1. The number of ether oxygens (including phenoxy) is 1. The fraction of sp³-hybridized carbons (Fsp3) is 0.509. The molecule has 378 valence electrons. The van der Waals surface area contributed by atoms with Gasteiger partial charge in [0.2, 0.25) is 11.8 Å². The van der Waals surface area contributed by atoms with E-state index in [0.717, 1.165) is 95.3 Å². The molecule has 5 aromatic rings. The summed E-state index contributed by atoms with van der Waals surface area (Å²) in [5, 5.41) is 14.8. The van der Waals surface area contributed by atoms with Gasteiger partial charge in [0, 0.05) is 74.5 Å². The molecule has 11 rings (SSSR count). The Morgan fingerprint density at radius 2 is 1.81 bits per heavy atom. The molecule has 3 saturated heterocycles. The quantitative estimate of drug-likeness (QED) is 0.0811. The summed E-state index contributed by atoms with van der Waals surface area (Å²) < 4.78 is 38.9. The molecule has 0 bridgehead atoms. The lowest BCUT2D eigenvalue weighted by molar-refractivity contribution is -0.137. The molecule has 2 atom stereocenters. The lowest BCUT2D eigenvalue weighted by Crippen LogP contribution is -2.56. The van der Waals surface area contributed by atoms with E-state index >= 15 is 8.78 Å². The third-order valence-corrected chi connectivity index (χ3v) is 17.2. The van der Waals surface area contributed by atoms with Crippen LogP contribution in [-0.4, -0.2) is 124 Å². The maximum absolute atomic E-state index is 17.1. The number of halogens is 2. The van der Waals surface area contributed by atoms with Crippen molar-refractivity contribution in [3.63, 3.8) is 0 Å². The first-order valence-corrected chi connectivity index (χ1v) is 26.3. The highest BCUT2D eigenvalue weighted by Gasteiger charge is 2.50. The van der Waals surface area contributed by atoms with E-state index in [0.29, 0.717) is 88.5 Å². The largest absolute Gasteiger partial charge is 0.508 e. The van der Waals surface area contributed by atoms with Crippen LogP contribution < -0.4 is 15.0 Å². The minimum absolute atomic E-state index is 0.00332. The summed E-state index contributed by atoms with van der Waals surface area (Å²) in [5.74, 6) is -0.564. The predicted octanol–water partition coefficient (Wildman–Crippen LogP) is 8.87. The summed E-state index contributed by atoms with van der Waals surface area (Å²) in [7, 11) is 1.87. The van der Waals surface area contributed by atoms with Crippen LogP contribution in [0.2, 0.25) is 0 Å². The van der Waals surface area contributed by atoms with Gasteiger partial charge in [0.15, 0.2) is 5.82 Å². The number of hydrogen-bond acceptors (Lipinski definition) is 12. The first kappa shape index (κ1) is 48.4. The van der Waals surface area contributed by atoms with Crippen LogP contribution in [0.4, 0.5) is 14.6 Å². The van der Waals surface area contributed by atoms with Gasteiger partial charge in [0.05, 0.1) is 18.0 Å². The standard InChI is InChI=1S/C57H66F2N8O5/c1-4-43-46(58)10-9-38-25-42(69)26-44(49(38)43)51-50(59)52-45(29-60-51)53(67-19-5-6-35(2)30-67)63-55(62-52)72-34-57(15-16-57)33-65-22-17-56(18-23-65)27-41(28-56)66-20-13-36(14-21-66)37-7-8-39(32-68)40(24-37)31-64(3)47-11-12-48(70)61-54(47)71/h7-10,13,24-26,29,32,35,41,47,69H,4-6,11-12,14-23,27-28,30-31,33-34H2,1-3H3,(H,61,70,71)/t35-,47?/m0/s1. The number of aryl methyl sites for hydroxylation is 1. The third-order valence-electron chi connectivity index (χ3n) is 17.2. The number of carbonyl (C=O) groups is 3. The molecule has 2 N–H and O–H groups in total. The van der Waals surface area contributed by atoms with Gasteiger partial charge in [-0.2, -0.15) is 9.97 Å². The smallest absolute Gasteiger partial charge is 0.319 e. The van der Waals surface area contributed by atoms with Gasteiger partial charge in [-0.15, -0.1) is 0 Å². The predicted molar refractivity (Wildman–Crippen MR) is 274 cm³/mol. The first-order valence-electron chi connectivity index (χ1n) is 26.3. The number of nitrogens with zero attached hydrogens (tertiary/aromatic N) is 7. The Hall–Kier alpha value is -5.90. The topological polar surface area (TPSA) is 144 Å². The van der Waals surface area contributed by atoms with Crippen molar-refractivity contribution >= 4 is 51.2 Å². The summed E-state index contributed by atoms with van der Waals surface area (Å²) in [6.45, 7) is 11.5. The number of imide groups is 1. The average Bonchev–Trinajstić information content (AvgIpc) is 4.14. The molecule has 2 amide bonds. The monoisotopic (exact) mass is 981 g/mol. The molecule has 5 fully saturated rings. The second-order valence-electron chi connectivity index (χ2n) is 22.2. The van der Waals surface area contributed by atoms with E-state index in [-0.39, 0.29) is 46.0 Å². The van der Waals surface area contributed by atoms with Crippen molar-refractivity contribution in [1.82, 2.24) is 35.0 Å². The van der Waals surface area contributed by atoms with Crippen LogP contribution in [0.5, 0.6) is 11.8 Å². The van der Waals surface area contributed by atoms with E-state index in [1.165, 1.54) is 43.4 Å². The number of rotatable bonds is 14. The highest BCUT2D eigenvalue weighted by atomic mass is 19.1. The van der Waals surface area contributed by atoms with E-state index in [9.17, 15) is 19.5 Å². The summed E-state index contributed by atoms with van der Waals surface area (Å²) >= 11 is 0. The maximum atomic E-state index is 17.1. The zero-order chi connectivity index (χ0) is 49.9. The van der Waals surface area contributed by atoms with Gasteiger partial charge in [0.25, 0.3) is 0 Å². The molecule has 2 aromatic heterocycles. The van der Waals surface area contributed by atoms with Gasteiger partial charge in [-0.1, -0.05) is 38.1 Å². The van der Waals surface area contributed by atoms with E-state index in [2.05, 4.69) is 44.1 Å². The number of phenols is 1. The van der Waals surface area contributed by atoms with Gasteiger partial charge in [0.1, 0.15) is 34.9 Å². The number of benzene rings is 3. The molecule has 15 heteroatoms. The number of hydrogen-bond donors (Lipinski definition) is 2. The Morgan fingerprint density at radius 3 is 2.53 bits per heavy atom. The molecule has 3 aromatic carbocycles. The number of aromatic nitrogens is 3. The molecular formula is C57H66F2N8O5. The molecule has 6 heterocycles. The first-order chi connectivity index (χ1) is 34.8. The SMILES string of the molecule is CCc1c(F)ccc2cc(O)cc(-c3ncc4c(N5CCC[C@H](C)C5)nc(OCC5(CN6CCC7(CC6)CC(N6CC=C(c8ccc(C=O)c(CN(C)C9CCC(=O)NC9=O)c8)CC6)C7)CC5)nc4c3F)c12. The van der Waals surface area contributed by atoms with Crippen molar-refractivity contribution in [2.24, 2.45) is 16.7 Å². The number of pyridine rings is 1. The molecular weight excluding hydrogens is 915 g/mol. The van der Waals surface area contributed by atoms with Crippen molar-refractivity contribution in [3.8, 4) is 23.0 Å². The summed E-state index contributed by atoms with van der Waals surface area (Å²) in [4.78, 5) is 60.0. The Labute approximate surface area is 420 Å². The van der Waals surface area contributed by atoms with E-state index in [1.54, 1.807) is 18.3 Å². The minimum Gasteiger partial charge on any atom is -0.508 e. The number of likely N-dealkylation sites (tertiary alicyclic amines) is 1. The number of likely N-dealkylation sites (N-methyl/N-ethyl adjacent to an activating group) is 1. The van der Waals surface area contributed by atoms with Crippen LogP contribution in [0, 0.1) is 28.4 Å². The van der Waals surface area contributed by atoms with Crippen molar-refractivity contribution in [1.29, 1.82) is 0 Å². The van der Waals surface area contributed by atoms with Crippen molar-refractivity contribution in [2.45, 2.75) is 110 Å². The second kappa shape index (κ2) is 19.5. The molecule has 2 aliphatic carbocycles. The summed E-state index contributed by atoms with van der Waals surface area (Å²) in [6, 6.07) is 12.4. The number of carbonyl (C=O) groups excluding carboxylic acids is 3. The van der Waals surface area contributed by atoms with Crippen molar-refractivity contribution < 1.29 is 33.0 Å². The fourth-order valence-corrected chi connectivity index (χ4v) is 12.8. The fourth-order valence-electron chi connectivity index (χ4n) is 12.8. The van der Waals surface area contributed by atoms with Crippen LogP contribution in [0.25, 0.3) is 38.5 Å². The zero-order valence-corrected chi connectivity index (χ0v) is 41.8. The molecule has 13 nitrogen and oxygen atoms in total. The summed E-state index contributed by atoms with van der Waals surface area (Å²) in [5.41, 5.74) is 5.15. The number of amides is 2. The minimum atomic E-state index is -0.654. The zero-order valence-electron chi connectivity index (χ0n) is 41.8. The van der Waals surface area contributed by atoms with Crippen LogP contribution in [-0.2, 0) is 22.6 Å². The molecule has 2 saturated carbocycles. The highest BCUT2D eigenvalue weighted by Crippen LogP contribution is 2.53. The second-order valence-corrected chi connectivity index (χ2v) is 22.2. The molecule has 4 aliphatic heterocycles. The average molecular weight is 981 g/mol. The third kappa shape index (κ3) is 9.48. The molecule has 1 spiro atoms. The summed E-state index contributed by atoms with van der Waals surface area (Å²) in [6.07, 6.45) is 16.0. The molecule has 0 radical (unpaired) electrons. The van der Waals surface area contributed by atoms with Crippen molar-refractivity contribution in [2.75, 3.05) is 64.4 Å². The number of piperidine rings is 3. The van der Waals surface area contributed by atoms with E-state index in [4.69, 9.17) is 14.7 Å². The van der Waals surface area contributed by atoms with Crippen LogP contribution in [0.15, 0.2) is 54.7 Å². The van der Waals surface area contributed by atoms with Gasteiger partial charge in [-0.3, -0.25) is 34.5 Å². The normalized spacial score (nSPS) is 22.6. The van der Waals surface area contributed by atoms with Crippen LogP contribution in [0.3, 0.4) is 0 Å². The number of nitrogens with one attached hydrogen (secondary N) is 1. The number of anilines is 1. The lowest BCUT2D eigenvalue weighted by atomic mass is 9.60. The number of aldehydes is 1. The van der Waals surface area contributed by atoms with Gasteiger partial charge in [-0.05, 0) is 159 Å². The maximum Gasteiger partial charge on any atom is 0.319 e. The molecule has 1 unspecified atom stereocenters. The van der Waals surface area contributed by atoms with Crippen molar-refractivity contribution in [3.05, 3.63) is 88.6 Å². The van der Waals surface area contributed by atoms with E-state index < -0.39 is 11.9 Å². The molecule has 72 heavy (non-hydrogen) atoms. The number of aromatic hydroxyl groups is 1. The Balaban J connectivity index is 0.723. The van der Waals surface area contributed by atoms with Gasteiger partial charge < -0.3 is 19.6 Å². The van der Waals surface area contributed by atoms with Gasteiger partial charge >= 0.3 is 6.01 Å². The lowest BCUT2D eigenvalue weighted by Gasteiger charge is -2.56. The highest BCUT2D eigenvalue weighted by molar-refractivity contribution is 6.02. The van der Waals surface area contributed by atoms with Crippen LogP contribution in [0.1, 0.15) is 112 Å².